The minimum absolute atomic E-state index is 0.0188. The molecule has 27 heavy (non-hydrogen) atoms. The van der Waals surface area contributed by atoms with Gasteiger partial charge >= 0.3 is 0 Å². The van der Waals surface area contributed by atoms with E-state index in [1.165, 1.54) is 38.5 Å². The number of rotatable bonds is 7. The summed E-state index contributed by atoms with van der Waals surface area (Å²) in [5, 5.41) is 5.71. The number of carbonyl (C=O) groups is 2. The standard InChI is InChI=1S/C22H30N2O2S/c1-2-18-5-3-4-6-19(18)24-20(25)13-23-21(26)14-27-22-10-15-7-16(11-22)9-17(8-15)12-22/h3-6,15-17H,2,7-14H2,1H3,(H,23,26)(H,24,25). The van der Waals surface area contributed by atoms with Crippen molar-refractivity contribution in [1.82, 2.24) is 5.32 Å². The van der Waals surface area contributed by atoms with E-state index in [1.54, 1.807) is 0 Å². The maximum Gasteiger partial charge on any atom is 0.243 e. The Balaban J connectivity index is 1.23. The molecule has 4 aliphatic rings. The van der Waals surface area contributed by atoms with Crippen LogP contribution in [0.25, 0.3) is 0 Å². The fraction of sp³-hybridized carbons (Fsp3) is 0.636. The number of aryl methyl sites for hydroxylation is 1. The van der Waals surface area contributed by atoms with Crippen LogP contribution in [0.1, 0.15) is 51.0 Å². The van der Waals surface area contributed by atoms with E-state index in [1.807, 2.05) is 36.0 Å². The van der Waals surface area contributed by atoms with Crippen molar-refractivity contribution < 1.29 is 9.59 Å². The van der Waals surface area contributed by atoms with Gasteiger partial charge in [0.2, 0.25) is 11.8 Å². The predicted molar refractivity (Wildman–Crippen MR) is 111 cm³/mol. The van der Waals surface area contributed by atoms with Crippen LogP contribution in [0.4, 0.5) is 5.69 Å². The van der Waals surface area contributed by atoms with Gasteiger partial charge in [0.25, 0.3) is 0 Å². The zero-order valence-corrected chi connectivity index (χ0v) is 16.9. The summed E-state index contributed by atoms with van der Waals surface area (Å²) in [6.07, 6.45) is 9.02. The number of nitrogens with one attached hydrogen (secondary N) is 2. The maximum atomic E-state index is 12.3. The molecule has 4 aliphatic carbocycles. The van der Waals surface area contributed by atoms with E-state index in [9.17, 15) is 9.59 Å². The summed E-state index contributed by atoms with van der Waals surface area (Å²) in [6.45, 7) is 2.10. The zero-order valence-electron chi connectivity index (χ0n) is 16.1. The van der Waals surface area contributed by atoms with Crippen LogP contribution < -0.4 is 10.6 Å². The zero-order chi connectivity index (χ0) is 18.9. The van der Waals surface area contributed by atoms with Crippen molar-refractivity contribution in [2.75, 3.05) is 17.6 Å². The van der Waals surface area contributed by atoms with Gasteiger partial charge in [-0.05, 0) is 74.3 Å². The Bertz CT molecular complexity index is 683. The molecule has 146 valence electrons. The lowest BCUT2D eigenvalue weighted by atomic mass is 9.56. The van der Waals surface area contributed by atoms with Gasteiger partial charge in [-0.1, -0.05) is 25.1 Å². The first kappa shape index (κ1) is 18.9. The van der Waals surface area contributed by atoms with Gasteiger partial charge in [0.15, 0.2) is 0 Å². The molecule has 0 aliphatic heterocycles. The summed E-state index contributed by atoms with van der Waals surface area (Å²) in [5.41, 5.74) is 1.94. The van der Waals surface area contributed by atoms with Crippen LogP contribution in [-0.4, -0.2) is 28.9 Å². The molecule has 0 aromatic heterocycles. The molecule has 5 heteroatoms. The lowest BCUT2D eigenvalue weighted by Crippen LogP contribution is -2.49. The molecule has 1 aromatic carbocycles. The number of hydrogen-bond donors (Lipinski definition) is 2. The first-order valence-corrected chi connectivity index (χ1v) is 11.3. The highest BCUT2D eigenvalue weighted by Crippen LogP contribution is 2.60. The highest BCUT2D eigenvalue weighted by molar-refractivity contribution is 8.01. The summed E-state index contributed by atoms with van der Waals surface area (Å²) >= 11 is 1.86. The van der Waals surface area contributed by atoms with Gasteiger partial charge in [-0.3, -0.25) is 9.59 Å². The van der Waals surface area contributed by atoms with Crippen LogP contribution in [0.5, 0.6) is 0 Å². The molecule has 4 saturated carbocycles. The summed E-state index contributed by atoms with van der Waals surface area (Å²) in [6, 6.07) is 7.80. The maximum absolute atomic E-state index is 12.3. The monoisotopic (exact) mass is 386 g/mol. The highest BCUT2D eigenvalue weighted by atomic mass is 32.2. The second-order valence-corrected chi connectivity index (χ2v) is 10.2. The Kier molecular flexibility index (Phi) is 5.49. The molecule has 0 heterocycles. The first-order valence-electron chi connectivity index (χ1n) is 10.3. The van der Waals surface area contributed by atoms with Crippen molar-refractivity contribution in [2.45, 2.75) is 56.6 Å². The first-order chi connectivity index (χ1) is 13.0. The lowest BCUT2D eigenvalue weighted by molar-refractivity contribution is -0.122. The number of anilines is 1. The Morgan fingerprint density at radius 1 is 1.04 bits per heavy atom. The smallest absolute Gasteiger partial charge is 0.243 e. The van der Waals surface area contributed by atoms with Crippen LogP contribution in [0, 0.1) is 17.8 Å². The van der Waals surface area contributed by atoms with Gasteiger partial charge in [-0.25, -0.2) is 0 Å². The van der Waals surface area contributed by atoms with Gasteiger partial charge < -0.3 is 10.6 Å². The molecule has 4 fully saturated rings. The van der Waals surface area contributed by atoms with Crippen molar-refractivity contribution in [3.63, 3.8) is 0 Å². The summed E-state index contributed by atoms with van der Waals surface area (Å²) in [4.78, 5) is 24.5. The van der Waals surface area contributed by atoms with Crippen molar-refractivity contribution in [3.8, 4) is 0 Å². The molecule has 0 atom stereocenters. The summed E-state index contributed by atoms with van der Waals surface area (Å²) in [5.74, 6) is 2.99. The largest absolute Gasteiger partial charge is 0.346 e. The van der Waals surface area contributed by atoms with Crippen molar-refractivity contribution in [2.24, 2.45) is 17.8 Å². The molecule has 2 amide bonds. The number of carbonyl (C=O) groups excluding carboxylic acids is 2. The highest BCUT2D eigenvalue weighted by Gasteiger charge is 2.51. The lowest BCUT2D eigenvalue weighted by Gasteiger charge is -2.56. The number of hydrogen-bond acceptors (Lipinski definition) is 3. The summed E-state index contributed by atoms with van der Waals surface area (Å²) < 4.78 is 0.342. The second kappa shape index (κ2) is 7.86. The summed E-state index contributed by atoms with van der Waals surface area (Å²) in [7, 11) is 0. The second-order valence-electron chi connectivity index (χ2n) is 8.72. The third-order valence-electron chi connectivity index (χ3n) is 6.61. The fourth-order valence-electron chi connectivity index (χ4n) is 5.80. The predicted octanol–water partition coefficient (Wildman–Crippen LogP) is 4.01. The van der Waals surface area contributed by atoms with E-state index < -0.39 is 0 Å². The van der Waals surface area contributed by atoms with E-state index in [4.69, 9.17) is 0 Å². The van der Waals surface area contributed by atoms with Crippen LogP contribution in [-0.2, 0) is 16.0 Å². The number of amides is 2. The van der Waals surface area contributed by atoms with Crippen LogP contribution in [0.2, 0.25) is 0 Å². The molecular weight excluding hydrogens is 356 g/mol. The van der Waals surface area contributed by atoms with Crippen molar-refractivity contribution in [1.29, 1.82) is 0 Å². The molecule has 5 rings (SSSR count). The normalized spacial score (nSPS) is 30.9. The van der Waals surface area contributed by atoms with E-state index in [2.05, 4.69) is 17.6 Å². The molecule has 2 N–H and O–H groups in total. The SMILES string of the molecule is CCc1ccccc1NC(=O)CNC(=O)CSC12CC3CC(CC(C3)C1)C2. The van der Waals surface area contributed by atoms with Gasteiger partial charge in [0.05, 0.1) is 12.3 Å². The van der Waals surface area contributed by atoms with Crippen molar-refractivity contribution >= 4 is 29.3 Å². The Hall–Kier alpha value is -1.49. The van der Waals surface area contributed by atoms with E-state index >= 15 is 0 Å². The van der Waals surface area contributed by atoms with Gasteiger partial charge in [-0.15, -0.1) is 11.8 Å². The molecule has 4 bridgehead atoms. The Morgan fingerprint density at radius 2 is 1.67 bits per heavy atom. The molecule has 0 radical (unpaired) electrons. The van der Waals surface area contributed by atoms with E-state index in [0.717, 1.165) is 35.4 Å². The van der Waals surface area contributed by atoms with Crippen LogP contribution in [0.15, 0.2) is 24.3 Å². The third-order valence-corrected chi connectivity index (χ3v) is 8.13. The average molecular weight is 387 g/mol. The minimum atomic E-state index is -0.163. The van der Waals surface area contributed by atoms with Gasteiger partial charge in [0.1, 0.15) is 0 Å². The molecule has 0 spiro atoms. The van der Waals surface area contributed by atoms with Crippen LogP contribution in [0.3, 0.4) is 0 Å². The minimum Gasteiger partial charge on any atom is -0.346 e. The molecule has 0 saturated heterocycles. The molecule has 0 unspecified atom stereocenters. The topological polar surface area (TPSA) is 58.2 Å². The van der Waals surface area contributed by atoms with Crippen LogP contribution >= 0.6 is 11.8 Å². The van der Waals surface area contributed by atoms with E-state index in [0.29, 0.717) is 10.5 Å². The number of benzene rings is 1. The quantitative estimate of drug-likeness (QED) is 0.744. The Labute approximate surface area is 166 Å². The van der Waals surface area contributed by atoms with Gasteiger partial charge in [-0.2, -0.15) is 0 Å². The number of thioether (sulfide) groups is 1. The Morgan fingerprint density at radius 3 is 2.30 bits per heavy atom. The third kappa shape index (κ3) is 4.34. The number of para-hydroxylation sites is 1. The average Bonchev–Trinajstić information content (AvgIpc) is 2.64. The fourth-order valence-corrected chi connectivity index (χ4v) is 7.40. The molecule has 1 aromatic rings. The molecule has 4 nitrogen and oxygen atoms in total. The molecular formula is C22H30N2O2S. The van der Waals surface area contributed by atoms with Gasteiger partial charge in [0, 0.05) is 10.4 Å². The van der Waals surface area contributed by atoms with Crippen molar-refractivity contribution in [3.05, 3.63) is 29.8 Å². The van der Waals surface area contributed by atoms with E-state index in [-0.39, 0.29) is 18.4 Å².